The van der Waals surface area contributed by atoms with E-state index in [0.29, 0.717) is 0 Å². The van der Waals surface area contributed by atoms with Gasteiger partial charge in [-0.05, 0) is 19.1 Å². The third kappa shape index (κ3) is 7.34. The number of rotatable bonds is 1. The molecule has 0 atom stereocenters. The minimum Gasteiger partial charge on any atom is -0.497 e. The van der Waals surface area contributed by atoms with E-state index in [4.69, 9.17) is 9.84 Å². The Kier molecular flexibility index (Phi) is 12.2. The number of hydrogen-bond acceptors (Lipinski definition) is 1. The van der Waals surface area contributed by atoms with Crippen molar-refractivity contribution in [1.82, 2.24) is 0 Å². The first-order valence-corrected chi connectivity index (χ1v) is 4.43. The first-order chi connectivity index (χ1) is 6.33. The van der Waals surface area contributed by atoms with Crippen molar-refractivity contribution >= 4 is 0 Å². The van der Waals surface area contributed by atoms with Crippen LogP contribution in [0.4, 0.5) is 0 Å². The smallest absolute Gasteiger partial charge is 0.133 e. The van der Waals surface area contributed by atoms with Crippen LogP contribution in [-0.2, 0) is 0 Å². The molecule has 0 unspecified atom stereocenters. The molecule has 0 radical (unpaired) electrons. The van der Waals surface area contributed by atoms with E-state index in [1.165, 1.54) is 12.7 Å². The Morgan fingerprint density at radius 3 is 1.69 bits per heavy atom. The Balaban J connectivity index is 0. The minimum absolute atomic E-state index is 0.917. The summed E-state index contributed by atoms with van der Waals surface area (Å²) in [4.78, 5) is 0. The Hall–Kier alpha value is -1.02. The molecule has 2 N–H and O–H groups in total. The monoisotopic (exact) mass is 185 g/mol. The highest BCUT2D eigenvalue weighted by atomic mass is 16.5. The van der Waals surface area contributed by atoms with Gasteiger partial charge in [-0.25, -0.2) is 0 Å². The van der Waals surface area contributed by atoms with Crippen LogP contribution in [0.15, 0.2) is 24.3 Å². The topological polar surface area (TPSA) is 32.1 Å². The summed E-state index contributed by atoms with van der Waals surface area (Å²) in [6, 6.07) is 7.96. The molecule has 1 rings (SSSR count). The molecular formula is C11H21O2+. The Morgan fingerprint density at radius 2 is 1.38 bits per heavy atom. The molecule has 0 fully saturated rings. The van der Waals surface area contributed by atoms with Crippen molar-refractivity contribution < 1.29 is 9.84 Å². The predicted molar refractivity (Wildman–Crippen MR) is 58.6 cm³/mol. The summed E-state index contributed by atoms with van der Waals surface area (Å²) < 4.78 is 4.97. The average Bonchev–Trinajstić information content (AvgIpc) is 2.25. The number of benzene rings is 1. The van der Waals surface area contributed by atoms with Crippen LogP contribution in [0.25, 0.3) is 0 Å². The van der Waals surface area contributed by atoms with Crippen LogP contribution >= 0.6 is 0 Å². The van der Waals surface area contributed by atoms with Crippen molar-refractivity contribution in [3.05, 3.63) is 29.8 Å². The van der Waals surface area contributed by atoms with Crippen molar-refractivity contribution in [1.29, 1.82) is 0 Å². The quantitative estimate of drug-likeness (QED) is 0.618. The Bertz CT molecular complexity index is 180. The third-order valence-corrected chi connectivity index (χ3v) is 1.26. The van der Waals surface area contributed by atoms with E-state index < -0.39 is 0 Å². The molecule has 1 aromatic carbocycles. The van der Waals surface area contributed by atoms with Crippen LogP contribution in [-0.4, -0.2) is 19.3 Å². The highest BCUT2D eigenvalue weighted by molar-refractivity contribution is 5.25. The van der Waals surface area contributed by atoms with Gasteiger partial charge in [-0.15, -0.1) is 0 Å². The average molecular weight is 185 g/mol. The van der Waals surface area contributed by atoms with Gasteiger partial charge in [-0.1, -0.05) is 31.5 Å². The minimum atomic E-state index is 0.917. The fraction of sp³-hybridized carbons (Fsp3) is 0.455. The van der Waals surface area contributed by atoms with Gasteiger partial charge in [-0.2, -0.15) is 0 Å². The molecule has 2 heteroatoms. The van der Waals surface area contributed by atoms with Gasteiger partial charge in [-0.3, -0.25) is 0 Å². The fourth-order valence-corrected chi connectivity index (χ4v) is 0.674. The van der Waals surface area contributed by atoms with Gasteiger partial charge in [0.05, 0.1) is 7.11 Å². The van der Waals surface area contributed by atoms with E-state index in [0.717, 1.165) is 5.75 Å². The summed E-state index contributed by atoms with van der Waals surface area (Å²) in [5, 5.41) is 5.75. The van der Waals surface area contributed by atoms with E-state index in [9.17, 15) is 0 Å². The van der Waals surface area contributed by atoms with Gasteiger partial charge in [0.15, 0.2) is 0 Å². The molecule has 0 aromatic heterocycles. The van der Waals surface area contributed by atoms with E-state index in [1.807, 2.05) is 38.1 Å². The number of methoxy groups -OCH3 is 1. The van der Waals surface area contributed by atoms with Crippen LogP contribution in [0.3, 0.4) is 0 Å². The first-order valence-electron chi connectivity index (χ1n) is 4.43. The molecule has 0 saturated heterocycles. The maximum absolute atomic E-state index is 5.75. The van der Waals surface area contributed by atoms with Crippen LogP contribution in [0.5, 0.6) is 5.75 Å². The van der Waals surface area contributed by atoms with Gasteiger partial charge in [0, 0.05) is 0 Å². The zero-order valence-corrected chi connectivity index (χ0v) is 9.22. The summed E-state index contributed by atoms with van der Waals surface area (Å²) in [5.41, 5.74) is 1.26. The molecule has 13 heavy (non-hydrogen) atoms. The normalized spacial score (nSPS) is 7.23. The summed E-state index contributed by atoms with van der Waals surface area (Å²) >= 11 is 0. The van der Waals surface area contributed by atoms with Gasteiger partial charge in [0.1, 0.15) is 12.9 Å². The molecule has 0 saturated carbocycles. The van der Waals surface area contributed by atoms with Crippen molar-refractivity contribution in [2.45, 2.75) is 20.8 Å². The van der Waals surface area contributed by atoms with Crippen molar-refractivity contribution in [3.8, 4) is 5.75 Å². The second-order valence-corrected chi connectivity index (χ2v) is 2.02. The second kappa shape index (κ2) is 11.0. The van der Waals surface area contributed by atoms with Crippen molar-refractivity contribution in [2.24, 2.45) is 0 Å². The van der Waals surface area contributed by atoms with Crippen LogP contribution < -0.4 is 4.74 Å². The molecule has 0 aliphatic rings. The standard InChI is InChI=1S/C8H10O.C2H6.CH4O/c1-7-3-5-8(9-2)6-4-7;2*1-2/h3-6H,1-2H3;1-2H3;2H,1H3/p+1. The van der Waals surface area contributed by atoms with Gasteiger partial charge >= 0.3 is 0 Å². The van der Waals surface area contributed by atoms with Gasteiger partial charge in [0.2, 0.25) is 0 Å². The lowest BCUT2D eigenvalue weighted by Crippen LogP contribution is -1.80. The summed E-state index contributed by atoms with van der Waals surface area (Å²) in [6.07, 6.45) is 0. The predicted octanol–water partition coefficient (Wildman–Crippen LogP) is 2.37. The lowest BCUT2D eigenvalue weighted by atomic mass is 10.2. The second-order valence-electron chi connectivity index (χ2n) is 2.02. The lowest BCUT2D eigenvalue weighted by molar-refractivity contribution is 0.399. The Morgan fingerprint density at radius 1 is 1.00 bits per heavy atom. The maximum atomic E-state index is 5.75. The number of aryl methyl sites for hydroxylation is 1. The largest absolute Gasteiger partial charge is 0.497 e. The summed E-state index contributed by atoms with van der Waals surface area (Å²) in [7, 11) is 2.92. The molecule has 2 nitrogen and oxygen atoms in total. The zero-order valence-electron chi connectivity index (χ0n) is 9.22. The molecule has 0 aliphatic heterocycles. The van der Waals surface area contributed by atoms with E-state index in [2.05, 4.69) is 6.92 Å². The Labute approximate surface area is 81.2 Å². The van der Waals surface area contributed by atoms with E-state index in [1.54, 1.807) is 7.11 Å². The first kappa shape index (κ1) is 14.5. The molecule has 0 heterocycles. The van der Waals surface area contributed by atoms with Gasteiger partial charge in [0.25, 0.3) is 0 Å². The fourth-order valence-electron chi connectivity index (χ4n) is 0.674. The molecule has 76 valence electrons. The number of ether oxygens (including phenoxy) is 1. The van der Waals surface area contributed by atoms with Crippen molar-refractivity contribution in [2.75, 3.05) is 14.2 Å². The molecule has 1 aromatic rings. The van der Waals surface area contributed by atoms with Gasteiger partial charge < -0.3 is 9.84 Å². The lowest BCUT2D eigenvalue weighted by Gasteiger charge is -1.97. The molecular weight excluding hydrogens is 164 g/mol. The molecule has 0 spiro atoms. The summed E-state index contributed by atoms with van der Waals surface area (Å²) in [5.74, 6) is 0.917. The summed E-state index contributed by atoms with van der Waals surface area (Å²) in [6.45, 7) is 6.06. The molecule has 0 amide bonds. The third-order valence-electron chi connectivity index (χ3n) is 1.26. The zero-order chi connectivity index (χ0) is 10.7. The van der Waals surface area contributed by atoms with Crippen molar-refractivity contribution in [3.63, 3.8) is 0 Å². The number of hydrogen-bond donors (Lipinski definition) is 0. The molecule has 0 bridgehead atoms. The van der Waals surface area contributed by atoms with E-state index >= 15 is 0 Å². The van der Waals surface area contributed by atoms with Crippen LogP contribution in [0, 0.1) is 6.92 Å². The highest BCUT2D eigenvalue weighted by Crippen LogP contribution is 2.09. The van der Waals surface area contributed by atoms with Crippen LogP contribution in [0.2, 0.25) is 0 Å². The van der Waals surface area contributed by atoms with Crippen LogP contribution in [0.1, 0.15) is 19.4 Å². The molecule has 0 aliphatic carbocycles. The maximum Gasteiger partial charge on any atom is 0.133 e. The highest BCUT2D eigenvalue weighted by Gasteiger charge is 1.85. The SMILES string of the molecule is CC.COc1ccc(C)cc1.C[OH2+]. The van der Waals surface area contributed by atoms with E-state index in [-0.39, 0.29) is 0 Å².